The van der Waals surface area contributed by atoms with Gasteiger partial charge in [0, 0.05) is 31.3 Å². The van der Waals surface area contributed by atoms with Crippen LogP contribution in [0.15, 0.2) is 46.9 Å². The SMILES string of the molecule is COc1ccc2c(c1)C(=O)N(C[C@@]1(c3ccc(Br)cc3)NC(=O)N(COCC[Si](C)(C)C)C1=O)C2. The van der Waals surface area contributed by atoms with Gasteiger partial charge in [0.1, 0.15) is 12.5 Å². The van der Waals surface area contributed by atoms with E-state index in [1.54, 1.807) is 30.2 Å². The summed E-state index contributed by atoms with van der Waals surface area (Å²) in [6.07, 6.45) is 0. The molecule has 1 N–H and O–H groups in total. The zero-order chi connectivity index (χ0) is 25.4. The molecule has 0 unspecified atom stereocenters. The molecule has 1 saturated heterocycles. The maximum absolute atomic E-state index is 13.8. The van der Waals surface area contributed by atoms with Crippen LogP contribution in [-0.4, -0.2) is 62.7 Å². The smallest absolute Gasteiger partial charge is 0.327 e. The molecule has 1 fully saturated rings. The van der Waals surface area contributed by atoms with Crippen molar-refractivity contribution in [3.63, 3.8) is 0 Å². The van der Waals surface area contributed by atoms with Crippen LogP contribution < -0.4 is 10.1 Å². The van der Waals surface area contributed by atoms with Crippen molar-refractivity contribution in [1.29, 1.82) is 0 Å². The first kappa shape index (κ1) is 25.4. The Hall–Kier alpha value is -2.69. The fourth-order valence-electron chi connectivity index (χ4n) is 4.29. The molecule has 8 nitrogen and oxygen atoms in total. The predicted molar refractivity (Wildman–Crippen MR) is 138 cm³/mol. The lowest BCUT2D eigenvalue weighted by atomic mass is 9.89. The number of carbonyl (C=O) groups excluding carboxylic acids is 3. The molecule has 2 aromatic carbocycles. The minimum atomic E-state index is -1.41. The molecule has 0 aromatic heterocycles. The van der Waals surface area contributed by atoms with E-state index >= 15 is 0 Å². The molecule has 35 heavy (non-hydrogen) atoms. The average molecular weight is 561 g/mol. The van der Waals surface area contributed by atoms with Crippen LogP contribution in [-0.2, 0) is 21.6 Å². The van der Waals surface area contributed by atoms with Gasteiger partial charge >= 0.3 is 6.03 Å². The van der Waals surface area contributed by atoms with Crippen molar-refractivity contribution in [1.82, 2.24) is 15.1 Å². The molecule has 2 heterocycles. The topological polar surface area (TPSA) is 88.2 Å². The number of urea groups is 1. The van der Waals surface area contributed by atoms with E-state index in [1.165, 1.54) is 0 Å². The fourth-order valence-corrected chi connectivity index (χ4v) is 5.31. The molecule has 1 atom stereocenters. The number of fused-ring (bicyclic) bond motifs is 1. The number of methoxy groups -OCH3 is 1. The van der Waals surface area contributed by atoms with Crippen LogP contribution >= 0.6 is 15.9 Å². The molecular formula is C25H30BrN3O5Si. The molecule has 0 saturated carbocycles. The Balaban J connectivity index is 1.60. The van der Waals surface area contributed by atoms with Crippen molar-refractivity contribution in [3.05, 3.63) is 63.6 Å². The van der Waals surface area contributed by atoms with E-state index in [9.17, 15) is 14.4 Å². The third kappa shape index (κ3) is 5.14. The number of halogens is 1. The number of amides is 4. The Morgan fingerprint density at radius 1 is 1.09 bits per heavy atom. The van der Waals surface area contributed by atoms with Gasteiger partial charge in [-0.05, 0) is 41.4 Å². The summed E-state index contributed by atoms with van der Waals surface area (Å²) >= 11 is 3.42. The first-order valence-electron chi connectivity index (χ1n) is 11.5. The zero-order valence-corrected chi connectivity index (χ0v) is 23.0. The number of hydrogen-bond acceptors (Lipinski definition) is 5. The Bertz CT molecular complexity index is 1150. The molecule has 4 rings (SSSR count). The first-order valence-corrected chi connectivity index (χ1v) is 16.0. The van der Waals surface area contributed by atoms with Gasteiger partial charge in [0.2, 0.25) is 0 Å². The van der Waals surface area contributed by atoms with Crippen LogP contribution in [0.2, 0.25) is 25.7 Å². The van der Waals surface area contributed by atoms with Crippen molar-refractivity contribution in [2.45, 2.75) is 37.8 Å². The Labute approximate surface area is 214 Å². The van der Waals surface area contributed by atoms with Crippen molar-refractivity contribution in [2.24, 2.45) is 0 Å². The quantitative estimate of drug-likeness (QED) is 0.283. The predicted octanol–water partition coefficient (Wildman–Crippen LogP) is 4.17. The molecule has 186 valence electrons. The van der Waals surface area contributed by atoms with E-state index in [0.717, 1.165) is 21.0 Å². The minimum absolute atomic E-state index is 0.000436. The molecule has 0 spiro atoms. The van der Waals surface area contributed by atoms with Crippen molar-refractivity contribution < 1.29 is 23.9 Å². The highest BCUT2D eigenvalue weighted by Gasteiger charge is 2.54. The van der Waals surface area contributed by atoms with Gasteiger partial charge in [0.15, 0.2) is 5.54 Å². The number of benzene rings is 2. The van der Waals surface area contributed by atoms with Crippen LogP contribution in [0.1, 0.15) is 21.5 Å². The lowest BCUT2D eigenvalue weighted by Crippen LogP contribution is -2.53. The molecule has 0 bridgehead atoms. The third-order valence-corrected chi connectivity index (χ3v) is 8.59. The van der Waals surface area contributed by atoms with Gasteiger partial charge in [-0.25, -0.2) is 9.69 Å². The number of nitrogens with one attached hydrogen (secondary N) is 1. The average Bonchev–Trinajstić information content (AvgIpc) is 3.24. The van der Waals surface area contributed by atoms with E-state index in [1.807, 2.05) is 24.3 Å². The molecule has 2 aliphatic heterocycles. The lowest BCUT2D eigenvalue weighted by Gasteiger charge is -2.32. The number of hydrogen-bond donors (Lipinski definition) is 1. The summed E-state index contributed by atoms with van der Waals surface area (Å²) in [5, 5.41) is 2.89. The van der Waals surface area contributed by atoms with Crippen LogP contribution in [0.25, 0.3) is 0 Å². The monoisotopic (exact) mass is 559 g/mol. The van der Waals surface area contributed by atoms with Crippen molar-refractivity contribution in [3.8, 4) is 5.75 Å². The Morgan fingerprint density at radius 3 is 2.46 bits per heavy atom. The van der Waals surface area contributed by atoms with Crippen LogP contribution in [0, 0.1) is 0 Å². The number of rotatable bonds is 9. The van der Waals surface area contributed by atoms with Crippen molar-refractivity contribution >= 4 is 41.8 Å². The minimum Gasteiger partial charge on any atom is -0.497 e. The van der Waals surface area contributed by atoms with Crippen molar-refractivity contribution in [2.75, 3.05) is 27.0 Å². The molecule has 0 radical (unpaired) electrons. The van der Waals surface area contributed by atoms with Gasteiger partial charge in [-0.1, -0.05) is 53.8 Å². The van der Waals surface area contributed by atoms with Crippen LogP contribution in [0.3, 0.4) is 0 Å². The second kappa shape index (κ2) is 9.75. The van der Waals surface area contributed by atoms with Gasteiger partial charge in [0.05, 0.1) is 13.7 Å². The van der Waals surface area contributed by atoms with E-state index < -0.39 is 25.6 Å². The normalized spacial score (nSPS) is 19.9. The highest BCUT2D eigenvalue weighted by Crippen LogP contribution is 2.35. The first-order chi connectivity index (χ1) is 16.5. The lowest BCUT2D eigenvalue weighted by molar-refractivity contribution is -0.135. The number of ether oxygens (including phenoxy) is 2. The molecular weight excluding hydrogens is 530 g/mol. The molecule has 0 aliphatic carbocycles. The maximum Gasteiger partial charge on any atom is 0.327 e. The summed E-state index contributed by atoms with van der Waals surface area (Å²) in [5.74, 6) is -0.0464. The highest BCUT2D eigenvalue weighted by atomic mass is 79.9. The standard InChI is InChI=1S/C25H30BrN3O5Si/c1-33-20-10-5-17-14-28(22(30)21(17)13-20)15-25(18-6-8-19(26)9-7-18)23(31)29(24(32)27-25)16-34-11-12-35(2,3)4/h5-10,13H,11-12,14-16H2,1-4H3,(H,27,32)/t25-/m0/s1. The van der Waals surface area contributed by atoms with E-state index in [4.69, 9.17) is 9.47 Å². The summed E-state index contributed by atoms with van der Waals surface area (Å²) in [5.41, 5.74) is 0.579. The maximum atomic E-state index is 13.8. The molecule has 10 heteroatoms. The number of imide groups is 1. The highest BCUT2D eigenvalue weighted by molar-refractivity contribution is 9.10. The van der Waals surface area contributed by atoms with Gasteiger partial charge in [-0.2, -0.15) is 0 Å². The number of carbonyl (C=O) groups is 3. The van der Waals surface area contributed by atoms with Gasteiger partial charge in [-0.15, -0.1) is 0 Å². The second-order valence-electron chi connectivity index (χ2n) is 10.1. The third-order valence-electron chi connectivity index (χ3n) is 6.35. The summed E-state index contributed by atoms with van der Waals surface area (Å²) in [7, 11) is 0.239. The molecule has 4 amide bonds. The van der Waals surface area contributed by atoms with Crippen LogP contribution in [0.5, 0.6) is 5.75 Å². The summed E-state index contributed by atoms with van der Waals surface area (Å²) in [6.45, 7) is 7.42. The van der Waals surface area contributed by atoms with E-state index in [-0.39, 0.29) is 19.2 Å². The fraction of sp³-hybridized carbons (Fsp3) is 0.400. The zero-order valence-electron chi connectivity index (χ0n) is 20.4. The summed E-state index contributed by atoms with van der Waals surface area (Å²) < 4.78 is 11.8. The van der Waals surface area contributed by atoms with Gasteiger partial charge < -0.3 is 19.7 Å². The van der Waals surface area contributed by atoms with Crippen LogP contribution in [0.4, 0.5) is 4.79 Å². The molecule has 2 aromatic rings. The van der Waals surface area contributed by atoms with E-state index in [0.29, 0.717) is 30.0 Å². The molecule has 2 aliphatic rings. The second-order valence-corrected chi connectivity index (χ2v) is 16.6. The van der Waals surface area contributed by atoms with Gasteiger partial charge in [-0.3, -0.25) is 9.59 Å². The summed E-state index contributed by atoms with van der Waals surface area (Å²) in [6, 6.07) is 13.0. The number of nitrogens with zero attached hydrogens (tertiary/aromatic N) is 2. The summed E-state index contributed by atoms with van der Waals surface area (Å²) in [4.78, 5) is 42.7. The largest absolute Gasteiger partial charge is 0.497 e. The van der Waals surface area contributed by atoms with Gasteiger partial charge in [0.25, 0.3) is 11.8 Å². The Kier molecular flexibility index (Phi) is 7.08. The van der Waals surface area contributed by atoms with E-state index in [2.05, 4.69) is 40.9 Å². The Morgan fingerprint density at radius 2 is 1.80 bits per heavy atom.